The van der Waals surface area contributed by atoms with Crippen molar-refractivity contribution in [2.45, 2.75) is 32.6 Å². The van der Waals surface area contributed by atoms with E-state index in [9.17, 15) is 4.79 Å². The fraction of sp³-hybridized carbons (Fsp3) is 0.429. The molecule has 1 aliphatic rings. The van der Waals surface area contributed by atoms with Gasteiger partial charge in [0.1, 0.15) is 4.88 Å². The lowest BCUT2D eigenvalue weighted by Gasteiger charge is -2.15. The minimum atomic E-state index is -0.352. The van der Waals surface area contributed by atoms with Gasteiger partial charge in [-0.05, 0) is 31.2 Å². The Kier molecular flexibility index (Phi) is 2.93. The molecule has 100 valence electrons. The average Bonchev–Trinajstić information content (AvgIpc) is 2.75. The van der Waals surface area contributed by atoms with Crippen molar-refractivity contribution in [2.75, 3.05) is 12.8 Å². The Bertz CT molecular complexity index is 676. The summed E-state index contributed by atoms with van der Waals surface area (Å²) in [6.07, 6.45) is 4.55. The number of nitrogens with two attached hydrogens (primary N) is 1. The van der Waals surface area contributed by atoms with E-state index in [4.69, 9.17) is 10.5 Å². The van der Waals surface area contributed by atoms with Crippen LogP contribution in [-0.2, 0) is 17.6 Å². The lowest BCUT2D eigenvalue weighted by molar-refractivity contribution is -0.352. The zero-order valence-electron chi connectivity index (χ0n) is 11.1. The molecule has 0 amide bonds. The number of nitrogen functional groups attached to an aromatic ring is 1. The van der Waals surface area contributed by atoms with Gasteiger partial charge in [-0.2, -0.15) is 4.98 Å². The summed E-state index contributed by atoms with van der Waals surface area (Å²) >= 11 is 1.39. The van der Waals surface area contributed by atoms with Crippen molar-refractivity contribution in [2.24, 2.45) is 0 Å². The van der Waals surface area contributed by atoms with Gasteiger partial charge in [-0.3, -0.25) is 0 Å². The summed E-state index contributed by atoms with van der Waals surface area (Å²) in [4.78, 5) is 16.6. The second-order valence-corrected chi connectivity index (χ2v) is 5.98. The van der Waals surface area contributed by atoms with E-state index in [0.717, 1.165) is 23.1 Å². The van der Waals surface area contributed by atoms with Crippen molar-refractivity contribution in [1.82, 2.24) is 0 Å². The molecular formula is C14H17N2O2S+. The summed E-state index contributed by atoms with van der Waals surface area (Å²) < 4.78 is 4.80. The van der Waals surface area contributed by atoms with E-state index in [-0.39, 0.29) is 5.97 Å². The van der Waals surface area contributed by atoms with Crippen molar-refractivity contribution >= 4 is 33.2 Å². The Morgan fingerprint density at radius 1 is 1.32 bits per heavy atom. The van der Waals surface area contributed by atoms with Crippen molar-refractivity contribution in [1.29, 1.82) is 0 Å². The number of rotatable bonds is 1. The van der Waals surface area contributed by atoms with Gasteiger partial charge in [0.25, 0.3) is 4.83 Å². The number of aromatic nitrogens is 1. The van der Waals surface area contributed by atoms with Crippen LogP contribution in [0.15, 0.2) is 0 Å². The normalized spacial score (nSPS) is 14.4. The molecule has 2 aromatic rings. The average molecular weight is 277 g/mol. The molecule has 2 aromatic heterocycles. The number of hydrogen-bond acceptors (Lipinski definition) is 4. The second-order valence-electron chi connectivity index (χ2n) is 4.95. The van der Waals surface area contributed by atoms with Gasteiger partial charge in [0.15, 0.2) is 5.69 Å². The molecule has 5 heteroatoms. The fourth-order valence-corrected chi connectivity index (χ4v) is 4.04. The standard InChI is InChI=1S/C14H16N2O2S/c1-7-8-5-3-4-6-9(8)10-11(15)12(14(17)18-2)19-13(10)16-7/h3-6,15H2,1-2H3/p+1. The Labute approximate surface area is 115 Å². The number of methoxy groups -OCH3 is 1. The highest BCUT2D eigenvalue weighted by Gasteiger charge is 2.27. The molecule has 0 aromatic carbocycles. The van der Waals surface area contributed by atoms with Gasteiger partial charge in [-0.15, -0.1) is 0 Å². The number of carbonyl (C=O) groups is 1. The number of pyridine rings is 1. The highest BCUT2D eigenvalue weighted by Crippen LogP contribution is 2.38. The summed E-state index contributed by atoms with van der Waals surface area (Å²) in [5.74, 6) is -0.352. The summed E-state index contributed by atoms with van der Waals surface area (Å²) in [5.41, 5.74) is 10.6. The number of nitrogens with one attached hydrogen (secondary N) is 1. The zero-order valence-corrected chi connectivity index (χ0v) is 11.9. The fourth-order valence-electron chi connectivity index (χ4n) is 2.92. The Balaban J connectivity index is 2.33. The topological polar surface area (TPSA) is 66.5 Å². The van der Waals surface area contributed by atoms with Gasteiger partial charge in [0, 0.05) is 12.5 Å². The lowest BCUT2D eigenvalue weighted by atomic mass is 9.89. The maximum Gasteiger partial charge on any atom is 0.350 e. The first-order chi connectivity index (χ1) is 9.13. The first kappa shape index (κ1) is 12.4. The quantitative estimate of drug-likeness (QED) is 0.813. The van der Waals surface area contributed by atoms with Gasteiger partial charge < -0.3 is 10.5 Å². The van der Waals surface area contributed by atoms with Crippen LogP contribution in [0.5, 0.6) is 0 Å². The molecule has 0 saturated heterocycles. The smallest absolute Gasteiger partial charge is 0.350 e. The molecule has 0 unspecified atom stereocenters. The molecule has 0 saturated carbocycles. The van der Waals surface area contributed by atoms with E-state index in [1.165, 1.54) is 48.1 Å². The molecule has 19 heavy (non-hydrogen) atoms. The number of esters is 1. The minimum Gasteiger partial charge on any atom is -0.465 e. The van der Waals surface area contributed by atoms with Crippen molar-refractivity contribution in [3.8, 4) is 0 Å². The Morgan fingerprint density at radius 3 is 2.68 bits per heavy atom. The molecule has 0 fully saturated rings. The second kappa shape index (κ2) is 4.49. The summed E-state index contributed by atoms with van der Waals surface area (Å²) in [5, 5.41) is 1.03. The number of aromatic amines is 1. The Hall–Kier alpha value is -1.62. The van der Waals surface area contributed by atoms with Crippen LogP contribution in [0.1, 0.15) is 39.3 Å². The third-order valence-electron chi connectivity index (χ3n) is 3.84. The number of thiophene rings is 1. The lowest BCUT2D eigenvalue weighted by Crippen LogP contribution is -2.16. The molecule has 3 rings (SSSR count). The van der Waals surface area contributed by atoms with Crippen LogP contribution in [0.2, 0.25) is 0 Å². The number of ether oxygens (including phenoxy) is 1. The maximum absolute atomic E-state index is 11.8. The van der Waals surface area contributed by atoms with Crippen molar-refractivity contribution in [3.05, 3.63) is 21.7 Å². The zero-order chi connectivity index (χ0) is 13.6. The number of fused-ring (bicyclic) bond motifs is 3. The number of hydrogen-bond donors (Lipinski definition) is 1. The monoisotopic (exact) mass is 277 g/mol. The molecule has 0 radical (unpaired) electrons. The van der Waals surface area contributed by atoms with E-state index < -0.39 is 0 Å². The predicted octanol–water partition coefficient (Wildman–Crippen LogP) is 2.27. The number of H-pyrrole nitrogens is 1. The molecule has 0 bridgehead atoms. The SMILES string of the molecule is COC(=O)c1sc2[nH+]c(C)c3c(c2c1N)CCCC3. The van der Waals surface area contributed by atoms with E-state index in [0.29, 0.717) is 10.6 Å². The molecular weight excluding hydrogens is 260 g/mol. The molecule has 4 nitrogen and oxygen atoms in total. The molecule has 0 atom stereocenters. The van der Waals surface area contributed by atoms with Crippen LogP contribution < -0.4 is 10.7 Å². The molecule has 0 spiro atoms. The van der Waals surface area contributed by atoms with Gasteiger partial charge >= 0.3 is 5.97 Å². The van der Waals surface area contributed by atoms with E-state index in [1.54, 1.807) is 0 Å². The van der Waals surface area contributed by atoms with E-state index in [1.807, 2.05) is 0 Å². The van der Waals surface area contributed by atoms with Gasteiger partial charge in [0.2, 0.25) is 0 Å². The van der Waals surface area contributed by atoms with Crippen LogP contribution in [-0.4, -0.2) is 13.1 Å². The molecule has 1 aliphatic carbocycles. The van der Waals surface area contributed by atoms with Crippen molar-refractivity contribution < 1.29 is 14.5 Å². The maximum atomic E-state index is 11.8. The number of anilines is 1. The Morgan fingerprint density at radius 2 is 2.00 bits per heavy atom. The predicted molar refractivity (Wildman–Crippen MR) is 75.5 cm³/mol. The van der Waals surface area contributed by atoms with Gasteiger partial charge in [0.05, 0.1) is 18.2 Å². The third-order valence-corrected chi connectivity index (χ3v) is 4.94. The minimum absolute atomic E-state index is 0.352. The first-order valence-electron chi connectivity index (χ1n) is 6.47. The third kappa shape index (κ3) is 1.80. The van der Waals surface area contributed by atoms with E-state index in [2.05, 4.69) is 11.9 Å². The molecule has 3 N–H and O–H groups in total. The van der Waals surface area contributed by atoms with Crippen LogP contribution in [0.25, 0.3) is 10.2 Å². The van der Waals surface area contributed by atoms with Gasteiger partial charge in [-0.25, -0.2) is 4.79 Å². The van der Waals surface area contributed by atoms with Crippen molar-refractivity contribution in [3.63, 3.8) is 0 Å². The highest BCUT2D eigenvalue weighted by molar-refractivity contribution is 7.20. The van der Waals surface area contributed by atoms with E-state index >= 15 is 0 Å². The number of carbonyl (C=O) groups excluding carboxylic acids is 1. The summed E-state index contributed by atoms with van der Waals surface area (Å²) in [7, 11) is 1.39. The highest BCUT2D eigenvalue weighted by atomic mass is 32.1. The van der Waals surface area contributed by atoms with Crippen LogP contribution in [0.3, 0.4) is 0 Å². The number of aryl methyl sites for hydroxylation is 2. The molecule has 0 aliphatic heterocycles. The van der Waals surface area contributed by atoms with Gasteiger partial charge in [-0.1, -0.05) is 11.3 Å². The summed E-state index contributed by atoms with van der Waals surface area (Å²) in [6.45, 7) is 2.09. The van der Waals surface area contributed by atoms with Crippen LogP contribution in [0, 0.1) is 6.92 Å². The van der Waals surface area contributed by atoms with Crippen LogP contribution >= 0.6 is 11.3 Å². The van der Waals surface area contributed by atoms with Crippen LogP contribution in [0.4, 0.5) is 5.69 Å². The first-order valence-corrected chi connectivity index (χ1v) is 7.29. The molecule has 2 heterocycles. The largest absolute Gasteiger partial charge is 0.465 e. The summed E-state index contributed by atoms with van der Waals surface area (Å²) in [6, 6.07) is 0.